The van der Waals surface area contributed by atoms with Crippen LogP contribution in [-0.2, 0) is 0 Å². The van der Waals surface area contributed by atoms with Gasteiger partial charge in [-0.05, 0) is 38.3 Å². The van der Waals surface area contributed by atoms with Crippen molar-refractivity contribution in [1.29, 1.82) is 0 Å². The third kappa shape index (κ3) is 13.7. The number of hydrogen-bond donors (Lipinski definition) is 2. The fourth-order valence-electron chi connectivity index (χ4n) is 3.29. The van der Waals surface area contributed by atoms with Crippen LogP contribution in [0.5, 0.6) is 0 Å². The molecule has 0 radical (unpaired) electrons. The molecule has 0 spiro atoms. The zero-order valence-electron chi connectivity index (χ0n) is 16.2. The first-order chi connectivity index (χ1) is 11.9. The van der Waals surface area contributed by atoms with Gasteiger partial charge in [0.15, 0.2) is 0 Å². The fourth-order valence-corrected chi connectivity index (χ4v) is 3.29. The van der Waals surface area contributed by atoms with E-state index in [-0.39, 0.29) is 0 Å². The van der Waals surface area contributed by atoms with E-state index in [4.69, 9.17) is 0 Å². The molecule has 0 saturated carbocycles. The van der Waals surface area contributed by atoms with Crippen LogP contribution in [0.4, 0.5) is 0 Å². The maximum absolute atomic E-state index is 3.47. The van der Waals surface area contributed by atoms with Gasteiger partial charge in [-0.2, -0.15) is 0 Å². The SMILES string of the molecule is CCCCCCCCC=CCCCCCCCCC1NC=CCN1. The molecular weight excluding hydrogens is 292 g/mol. The van der Waals surface area contributed by atoms with Gasteiger partial charge in [0, 0.05) is 6.54 Å². The summed E-state index contributed by atoms with van der Waals surface area (Å²) in [6.07, 6.45) is 30.2. The van der Waals surface area contributed by atoms with Gasteiger partial charge in [0.05, 0.1) is 6.17 Å². The predicted octanol–water partition coefficient (Wildman–Crippen LogP) is 6.45. The zero-order chi connectivity index (χ0) is 17.1. The summed E-state index contributed by atoms with van der Waals surface area (Å²) < 4.78 is 0. The largest absolute Gasteiger partial charge is 0.376 e. The normalized spacial score (nSPS) is 17.5. The van der Waals surface area contributed by atoms with Gasteiger partial charge in [-0.1, -0.05) is 89.4 Å². The molecule has 0 aliphatic carbocycles. The van der Waals surface area contributed by atoms with Crippen molar-refractivity contribution in [2.24, 2.45) is 0 Å². The molecule has 0 amide bonds. The molecule has 2 N–H and O–H groups in total. The van der Waals surface area contributed by atoms with Gasteiger partial charge in [0.1, 0.15) is 0 Å². The summed E-state index contributed by atoms with van der Waals surface area (Å²) in [5, 5.41) is 6.84. The van der Waals surface area contributed by atoms with Crippen molar-refractivity contribution >= 4 is 0 Å². The number of rotatable bonds is 16. The Morgan fingerprint density at radius 1 is 0.792 bits per heavy atom. The molecule has 0 aromatic carbocycles. The van der Waals surface area contributed by atoms with Crippen molar-refractivity contribution in [3.05, 3.63) is 24.4 Å². The molecule has 0 bridgehead atoms. The van der Waals surface area contributed by atoms with E-state index in [1.807, 2.05) is 0 Å². The smallest absolute Gasteiger partial charge is 0.0765 e. The molecular formula is C22H42N2. The molecule has 1 unspecified atom stereocenters. The van der Waals surface area contributed by atoms with Crippen LogP contribution < -0.4 is 10.6 Å². The molecule has 24 heavy (non-hydrogen) atoms. The summed E-state index contributed by atoms with van der Waals surface area (Å²) in [7, 11) is 0. The molecule has 140 valence electrons. The molecule has 0 aromatic rings. The van der Waals surface area contributed by atoms with E-state index in [1.165, 1.54) is 96.3 Å². The first-order valence-corrected chi connectivity index (χ1v) is 10.7. The van der Waals surface area contributed by atoms with Gasteiger partial charge in [-0.3, -0.25) is 5.32 Å². The first-order valence-electron chi connectivity index (χ1n) is 10.7. The number of unbranched alkanes of at least 4 members (excludes halogenated alkanes) is 12. The van der Waals surface area contributed by atoms with E-state index in [0.29, 0.717) is 6.17 Å². The molecule has 1 atom stereocenters. The highest BCUT2D eigenvalue weighted by molar-refractivity contribution is 4.90. The summed E-state index contributed by atoms with van der Waals surface area (Å²) in [5.41, 5.74) is 0. The van der Waals surface area contributed by atoms with E-state index in [0.717, 1.165) is 6.54 Å². The lowest BCUT2D eigenvalue weighted by Gasteiger charge is -2.21. The highest BCUT2D eigenvalue weighted by Crippen LogP contribution is 2.11. The van der Waals surface area contributed by atoms with Gasteiger partial charge < -0.3 is 5.32 Å². The number of allylic oxidation sites excluding steroid dienone is 2. The second kappa shape index (κ2) is 17.1. The van der Waals surface area contributed by atoms with Crippen molar-refractivity contribution in [1.82, 2.24) is 10.6 Å². The minimum atomic E-state index is 0.506. The van der Waals surface area contributed by atoms with E-state index in [9.17, 15) is 0 Å². The standard InChI is InChI=1S/C22H42N2/c1-2-3-4-5-6-7-8-9-10-11-12-13-14-15-16-17-19-22-23-20-18-21-24-22/h9-10,18,20,22-24H,2-8,11-17,19,21H2,1H3. The third-order valence-electron chi connectivity index (χ3n) is 4.90. The average molecular weight is 335 g/mol. The quantitative estimate of drug-likeness (QED) is 0.250. The minimum absolute atomic E-state index is 0.506. The Balaban J connectivity index is 1.72. The van der Waals surface area contributed by atoms with Crippen molar-refractivity contribution in [3.63, 3.8) is 0 Å². The van der Waals surface area contributed by atoms with E-state index in [2.05, 4.69) is 42.0 Å². The average Bonchev–Trinajstić information content (AvgIpc) is 2.62. The van der Waals surface area contributed by atoms with E-state index in [1.54, 1.807) is 0 Å². The van der Waals surface area contributed by atoms with Crippen LogP contribution in [0, 0.1) is 0 Å². The van der Waals surface area contributed by atoms with Gasteiger partial charge in [0.25, 0.3) is 0 Å². The van der Waals surface area contributed by atoms with E-state index >= 15 is 0 Å². The van der Waals surface area contributed by atoms with Gasteiger partial charge in [-0.25, -0.2) is 0 Å². The Morgan fingerprint density at radius 3 is 1.96 bits per heavy atom. The molecule has 1 rings (SSSR count). The molecule has 0 saturated heterocycles. The monoisotopic (exact) mass is 334 g/mol. The maximum Gasteiger partial charge on any atom is 0.0765 e. The molecule has 1 aliphatic rings. The van der Waals surface area contributed by atoms with E-state index < -0.39 is 0 Å². The van der Waals surface area contributed by atoms with Crippen molar-refractivity contribution < 1.29 is 0 Å². The summed E-state index contributed by atoms with van der Waals surface area (Å²) in [4.78, 5) is 0. The lowest BCUT2D eigenvalue weighted by molar-refractivity contribution is 0.423. The first kappa shape index (κ1) is 21.3. The van der Waals surface area contributed by atoms with Crippen LogP contribution in [0.2, 0.25) is 0 Å². The van der Waals surface area contributed by atoms with Crippen LogP contribution in [0.25, 0.3) is 0 Å². The van der Waals surface area contributed by atoms with Gasteiger partial charge in [0.2, 0.25) is 0 Å². The molecule has 0 aromatic heterocycles. The molecule has 1 heterocycles. The lowest BCUT2D eigenvalue weighted by Crippen LogP contribution is -2.42. The summed E-state index contributed by atoms with van der Waals surface area (Å²) in [6, 6.07) is 0. The predicted molar refractivity (Wildman–Crippen MR) is 108 cm³/mol. The van der Waals surface area contributed by atoms with Crippen molar-refractivity contribution in [2.75, 3.05) is 6.54 Å². The third-order valence-corrected chi connectivity index (χ3v) is 4.90. The van der Waals surface area contributed by atoms with Crippen LogP contribution in [0.3, 0.4) is 0 Å². The highest BCUT2D eigenvalue weighted by atomic mass is 15.1. The van der Waals surface area contributed by atoms with Crippen LogP contribution in [0.15, 0.2) is 24.4 Å². The summed E-state index contributed by atoms with van der Waals surface area (Å²) in [5.74, 6) is 0. The Morgan fingerprint density at radius 2 is 1.38 bits per heavy atom. The van der Waals surface area contributed by atoms with Crippen LogP contribution in [-0.4, -0.2) is 12.7 Å². The second-order valence-corrected chi connectivity index (χ2v) is 7.26. The number of nitrogens with one attached hydrogen (secondary N) is 2. The highest BCUT2D eigenvalue weighted by Gasteiger charge is 2.06. The maximum atomic E-state index is 3.47. The van der Waals surface area contributed by atoms with Gasteiger partial charge >= 0.3 is 0 Å². The van der Waals surface area contributed by atoms with Crippen LogP contribution in [0.1, 0.15) is 103 Å². The topological polar surface area (TPSA) is 24.1 Å². The number of hydrogen-bond acceptors (Lipinski definition) is 2. The molecule has 2 nitrogen and oxygen atoms in total. The zero-order valence-corrected chi connectivity index (χ0v) is 16.2. The molecule has 0 fully saturated rings. The Bertz CT molecular complexity index is 309. The Labute approximate surface area is 151 Å². The Kier molecular flexibility index (Phi) is 15.1. The summed E-state index contributed by atoms with van der Waals surface area (Å²) in [6.45, 7) is 3.30. The Hall–Kier alpha value is -0.760. The van der Waals surface area contributed by atoms with Crippen molar-refractivity contribution in [3.8, 4) is 0 Å². The second-order valence-electron chi connectivity index (χ2n) is 7.26. The molecule has 2 heteroatoms. The van der Waals surface area contributed by atoms with Crippen LogP contribution >= 0.6 is 0 Å². The summed E-state index contributed by atoms with van der Waals surface area (Å²) >= 11 is 0. The fraction of sp³-hybridized carbons (Fsp3) is 0.818. The molecule has 1 aliphatic heterocycles. The lowest BCUT2D eigenvalue weighted by atomic mass is 10.1. The van der Waals surface area contributed by atoms with Crippen molar-refractivity contribution in [2.45, 2.75) is 109 Å². The van der Waals surface area contributed by atoms with Gasteiger partial charge in [-0.15, -0.1) is 0 Å². The minimum Gasteiger partial charge on any atom is -0.376 e.